The molecule has 0 aliphatic carbocycles. The van der Waals surface area contributed by atoms with Gasteiger partial charge in [-0.3, -0.25) is 4.79 Å². The summed E-state index contributed by atoms with van der Waals surface area (Å²) in [5.74, 6) is 0.667. The Kier molecular flexibility index (Phi) is 6.66. The van der Waals surface area contributed by atoms with E-state index in [0.717, 1.165) is 27.0 Å². The molecule has 4 nitrogen and oxygen atoms in total. The summed E-state index contributed by atoms with van der Waals surface area (Å²) in [4.78, 5) is 12.1. The van der Waals surface area contributed by atoms with Crippen molar-refractivity contribution in [3.05, 3.63) is 57.0 Å². The van der Waals surface area contributed by atoms with Gasteiger partial charge in [-0.05, 0) is 65.2 Å². The molecule has 0 radical (unpaired) electrons. The van der Waals surface area contributed by atoms with Gasteiger partial charge in [-0.25, -0.2) is 0 Å². The normalized spacial score (nSPS) is 11.9. The van der Waals surface area contributed by atoms with Crippen molar-refractivity contribution in [2.45, 2.75) is 19.9 Å². The second-order valence-electron chi connectivity index (χ2n) is 5.46. The van der Waals surface area contributed by atoms with Gasteiger partial charge < -0.3 is 15.4 Å². The Morgan fingerprint density at radius 1 is 1.33 bits per heavy atom. The summed E-state index contributed by atoms with van der Waals surface area (Å²) in [6.45, 7) is 4.09. The molecule has 1 amide bonds. The zero-order valence-electron chi connectivity index (χ0n) is 13.8. The molecule has 0 heterocycles. The molecule has 6 heteroatoms. The molecule has 1 unspecified atom stereocenters. The first-order valence-electron chi connectivity index (χ1n) is 7.54. The molecule has 2 rings (SSSR count). The standard InChI is InChI=1S/C18H20BrClN2O2/c1-11-15(20)5-4-6-16(11)22-18(23)10-21-12(2)13-7-8-17(24-3)14(19)9-13/h4-9,12,21H,10H2,1-3H3,(H,22,23). The second kappa shape index (κ2) is 8.51. The molecule has 0 fully saturated rings. The van der Waals surface area contributed by atoms with Crippen LogP contribution in [-0.2, 0) is 4.79 Å². The Balaban J connectivity index is 1.93. The largest absolute Gasteiger partial charge is 0.496 e. The number of anilines is 1. The van der Waals surface area contributed by atoms with E-state index in [1.807, 2.05) is 44.2 Å². The lowest BCUT2D eigenvalue weighted by atomic mass is 10.1. The zero-order valence-corrected chi connectivity index (χ0v) is 16.2. The first kappa shape index (κ1) is 18.8. The Morgan fingerprint density at radius 3 is 2.75 bits per heavy atom. The molecule has 2 aromatic carbocycles. The minimum absolute atomic E-state index is 0.0263. The van der Waals surface area contributed by atoms with E-state index in [4.69, 9.17) is 16.3 Å². The van der Waals surface area contributed by atoms with E-state index < -0.39 is 0 Å². The van der Waals surface area contributed by atoms with Crippen molar-refractivity contribution in [1.29, 1.82) is 0 Å². The molecule has 0 saturated heterocycles. The van der Waals surface area contributed by atoms with E-state index in [2.05, 4.69) is 26.6 Å². The van der Waals surface area contributed by atoms with Crippen LogP contribution in [-0.4, -0.2) is 19.6 Å². The van der Waals surface area contributed by atoms with Crippen molar-refractivity contribution < 1.29 is 9.53 Å². The molecule has 2 N–H and O–H groups in total. The lowest BCUT2D eigenvalue weighted by Crippen LogP contribution is -2.30. The summed E-state index contributed by atoms with van der Waals surface area (Å²) in [7, 11) is 1.63. The number of rotatable bonds is 6. The number of carbonyl (C=O) groups excluding carboxylic acids is 1. The lowest BCUT2D eigenvalue weighted by Gasteiger charge is -2.16. The Bertz CT molecular complexity index is 737. The monoisotopic (exact) mass is 410 g/mol. The van der Waals surface area contributed by atoms with Crippen molar-refractivity contribution in [2.24, 2.45) is 0 Å². The second-order valence-corrected chi connectivity index (χ2v) is 6.72. The number of hydrogen-bond donors (Lipinski definition) is 2. The van der Waals surface area contributed by atoms with Crippen LogP contribution in [0, 0.1) is 6.92 Å². The molecule has 0 spiro atoms. The summed E-state index contributed by atoms with van der Waals surface area (Å²) in [5, 5.41) is 6.72. The van der Waals surface area contributed by atoms with Crippen LogP contribution in [0.1, 0.15) is 24.1 Å². The van der Waals surface area contributed by atoms with Gasteiger partial charge in [0.05, 0.1) is 18.1 Å². The van der Waals surface area contributed by atoms with E-state index >= 15 is 0 Å². The third kappa shape index (κ3) is 4.72. The van der Waals surface area contributed by atoms with Gasteiger partial charge in [0.15, 0.2) is 0 Å². The third-order valence-electron chi connectivity index (χ3n) is 3.79. The fourth-order valence-corrected chi connectivity index (χ4v) is 2.99. The highest BCUT2D eigenvalue weighted by Gasteiger charge is 2.11. The van der Waals surface area contributed by atoms with Gasteiger partial charge in [0.2, 0.25) is 5.91 Å². The molecule has 2 aromatic rings. The van der Waals surface area contributed by atoms with Gasteiger partial charge in [-0.15, -0.1) is 0 Å². The van der Waals surface area contributed by atoms with Gasteiger partial charge >= 0.3 is 0 Å². The first-order valence-corrected chi connectivity index (χ1v) is 8.71. The van der Waals surface area contributed by atoms with Gasteiger partial charge in [-0.2, -0.15) is 0 Å². The maximum atomic E-state index is 12.1. The number of ether oxygens (including phenoxy) is 1. The SMILES string of the molecule is COc1ccc(C(C)NCC(=O)Nc2cccc(Cl)c2C)cc1Br. The zero-order chi connectivity index (χ0) is 17.7. The highest BCUT2D eigenvalue weighted by molar-refractivity contribution is 9.10. The van der Waals surface area contributed by atoms with E-state index in [1.54, 1.807) is 13.2 Å². The number of amides is 1. The molecular formula is C18H20BrClN2O2. The minimum atomic E-state index is -0.111. The van der Waals surface area contributed by atoms with Gasteiger partial charge in [0, 0.05) is 16.8 Å². The van der Waals surface area contributed by atoms with Crippen LogP contribution in [0.3, 0.4) is 0 Å². The summed E-state index contributed by atoms with van der Waals surface area (Å²) >= 11 is 9.53. The maximum Gasteiger partial charge on any atom is 0.238 e. The number of nitrogens with one attached hydrogen (secondary N) is 2. The van der Waals surface area contributed by atoms with Crippen molar-refractivity contribution in [3.8, 4) is 5.75 Å². The molecule has 0 saturated carbocycles. The summed E-state index contributed by atoms with van der Waals surface area (Å²) in [6, 6.07) is 11.3. The molecule has 128 valence electrons. The van der Waals surface area contributed by atoms with Gasteiger partial charge in [0.25, 0.3) is 0 Å². The smallest absolute Gasteiger partial charge is 0.238 e. The number of methoxy groups -OCH3 is 1. The lowest BCUT2D eigenvalue weighted by molar-refractivity contribution is -0.115. The van der Waals surface area contributed by atoms with Crippen LogP contribution in [0.2, 0.25) is 5.02 Å². The van der Waals surface area contributed by atoms with E-state index in [1.165, 1.54) is 0 Å². The highest BCUT2D eigenvalue weighted by atomic mass is 79.9. The first-order chi connectivity index (χ1) is 11.4. The van der Waals surface area contributed by atoms with Crippen molar-refractivity contribution in [3.63, 3.8) is 0 Å². The fraction of sp³-hybridized carbons (Fsp3) is 0.278. The molecule has 0 bridgehead atoms. The Labute approximate surface area is 155 Å². The minimum Gasteiger partial charge on any atom is -0.496 e. The van der Waals surface area contributed by atoms with Crippen molar-refractivity contribution in [2.75, 3.05) is 19.0 Å². The third-order valence-corrected chi connectivity index (χ3v) is 4.82. The number of hydrogen-bond acceptors (Lipinski definition) is 3. The molecular weight excluding hydrogens is 392 g/mol. The maximum absolute atomic E-state index is 12.1. The van der Waals surface area contributed by atoms with Gasteiger partial charge in [-0.1, -0.05) is 23.7 Å². The van der Waals surface area contributed by atoms with Crippen molar-refractivity contribution >= 4 is 39.1 Å². The molecule has 24 heavy (non-hydrogen) atoms. The summed E-state index contributed by atoms with van der Waals surface area (Å²) in [6.07, 6.45) is 0. The van der Waals surface area contributed by atoms with Gasteiger partial charge in [0.1, 0.15) is 5.75 Å². The van der Waals surface area contributed by atoms with Crippen LogP contribution in [0.15, 0.2) is 40.9 Å². The van der Waals surface area contributed by atoms with Crippen LogP contribution >= 0.6 is 27.5 Å². The molecule has 0 aliphatic rings. The fourth-order valence-electron chi connectivity index (χ4n) is 2.25. The highest BCUT2D eigenvalue weighted by Crippen LogP contribution is 2.28. The van der Waals surface area contributed by atoms with Crippen LogP contribution in [0.5, 0.6) is 5.75 Å². The summed E-state index contributed by atoms with van der Waals surface area (Å²) < 4.78 is 6.11. The Hall–Kier alpha value is -1.56. The topological polar surface area (TPSA) is 50.4 Å². The van der Waals surface area contributed by atoms with E-state index in [-0.39, 0.29) is 18.5 Å². The Morgan fingerprint density at radius 2 is 2.08 bits per heavy atom. The quantitative estimate of drug-likeness (QED) is 0.724. The average molecular weight is 412 g/mol. The number of benzene rings is 2. The van der Waals surface area contributed by atoms with Crippen LogP contribution in [0.25, 0.3) is 0 Å². The van der Waals surface area contributed by atoms with E-state index in [0.29, 0.717) is 5.02 Å². The van der Waals surface area contributed by atoms with Crippen LogP contribution in [0.4, 0.5) is 5.69 Å². The van der Waals surface area contributed by atoms with Crippen molar-refractivity contribution in [1.82, 2.24) is 5.32 Å². The molecule has 0 aromatic heterocycles. The predicted octanol–water partition coefficient (Wildman–Crippen LogP) is 4.71. The van der Waals surface area contributed by atoms with E-state index in [9.17, 15) is 4.79 Å². The summed E-state index contributed by atoms with van der Waals surface area (Å²) in [5.41, 5.74) is 2.66. The molecule has 0 aliphatic heterocycles. The average Bonchev–Trinajstić information content (AvgIpc) is 2.56. The van der Waals surface area contributed by atoms with Crippen LogP contribution < -0.4 is 15.4 Å². The molecule has 1 atom stereocenters. The predicted molar refractivity (Wildman–Crippen MR) is 102 cm³/mol. The number of halogens is 2. The number of carbonyl (C=O) groups is 1.